The summed E-state index contributed by atoms with van der Waals surface area (Å²) in [5, 5.41) is 0. The van der Waals surface area contributed by atoms with Crippen molar-refractivity contribution >= 4 is 46.6 Å². The minimum atomic E-state index is -2.05. The lowest BCUT2D eigenvalue weighted by atomic mass is 10.2. The van der Waals surface area contributed by atoms with E-state index in [0.717, 1.165) is 12.8 Å². The third kappa shape index (κ3) is 3.90. The van der Waals surface area contributed by atoms with Gasteiger partial charge in [0.1, 0.15) is 5.69 Å². The van der Waals surface area contributed by atoms with E-state index in [2.05, 4.69) is 0 Å². The molecule has 0 fully saturated rings. The molecular weight excluding hydrogens is 325 g/mol. The zero-order chi connectivity index (χ0) is 15.5. The maximum absolute atomic E-state index is 12.0. The van der Waals surface area contributed by atoms with Crippen molar-refractivity contribution in [2.75, 3.05) is 7.11 Å². The average Bonchev–Trinajstić information content (AvgIpc) is 2.80. The first kappa shape index (κ1) is 17.3. The van der Waals surface area contributed by atoms with Gasteiger partial charge in [-0.2, -0.15) is 0 Å². The van der Waals surface area contributed by atoms with Crippen molar-refractivity contribution in [3.63, 3.8) is 0 Å². The number of alkyl halides is 3. The second-order valence-electron chi connectivity index (χ2n) is 4.48. The fraction of sp³-hybridized carbons (Fsp3) is 0.538. The highest BCUT2D eigenvalue weighted by Gasteiger charge is 2.33. The Labute approximate surface area is 132 Å². The number of carbonyl (C=O) groups excluding carboxylic acids is 2. The predicted molar refractivity (Wildman–Crippen MR) is 80.0 cm³/mol. The number of rotatable bonds is 5. The van der Waals surface area contributed by atoms with Crippen LogP contribution in [-0.2, 0) is 4.74 Å². The van der Waals surface area contributed by atoms with Crippen LogP contribution in [-0.4, -0.2) is 27.2 Å². The molecule has 0 aromatic carbocycles. The highest BCUT2D eigenvalue weighted by atomic mass is 35.6. The number of esters is 1. The highest BCUT2D eigenvalue weighted by molar-refractivity contribution is 6.77. The Hall–Kier alpha value is -0.710. The normalized spacial score (nSPS) is 13.1. The largest absolute Gasteiger partial charge is 0.464 e. The van der Waals surface area contributed by atoms with Crippen LogP contribution in [0.25, 0.3) is 0 Å². The van der Waals surface area contributed by atoms with Gasteiger partial charge in [-0.1, -0.05) is 48.1 Å². The van der Waals surface area contributed by atoms with Gasteiger partial charge in [0, 0.05) is 17.8 Å². The topological polar surface area (TPSA) is 48.3 Å². The highest BCUT2D eigenvalue weighted by Crippen LogP contribution is 2.32. The minimum absolute atomic E-state index is 0.0334. The van der Waals surface area contributed by atoms with Crippen LogP contribution in [0, 0.1) is 0 Å². The summed E-state index contributed by atoms with van der Waals surface area (Å²) >= 11 is 16.8. The van der Waals surface area contributed by atoms with Crippen LogP contribution in [0.3, 0.4) is 0 Å². The number of ether oxygens (including phenoxy) is 1. The second-order valence-corrected chi connectivity index (χ2v) is 6.76. The van der Waals surface area contributed by atoms with Gasteiger partial charge in [-0.25, -0.2) is 4.79 Å². The van der Waals surface area contributed by atoms with Crippen molar-refractivity contribution in [3.05, 3.63) is 23.5 Å². The van der Waals surface area contributed by atoms with Crippen LogP contribution in [0.2, 0.25) is 0 Å². The maximum Gasteiger partial charge on any atom is 0.354 e. The van der Waals surface area contributed by atoms with E-state index in [0.29, 0.717) is 0 Å². The first-order valence-corrected chi connectivity index (χ1v) is 7.27. The molecule has 0 aliphatic heterocycles. The summed E-state index contributed by atoms with van der Waals surface area (Å²) in [7, 11) is 1.28. The van der Waals surface area contributed by atoms with Crippen molar-refractivity contribution < 1.29 is 14.3 Å². The first-order chi connectivity index (χ1) is 9.22. The van der Waals surface area contributed by atoms with Crippen LogP contribution < -0.4 is 0 Å². The van der Waals surface area contributed by atoms with E-state index in [4.69, 9.17) is 39.5 Å². The Morgan fingerprint density at radius 3 is 2.45 bits per heavy atom. The van der Waals surface area contributed by atoms with Gasteiger partial charge < -0.3 is 9.30 Å². The first-order valence-electron chi connectivity index (χ1n) is 6.14. The Bertz CT molecular complexity index is 505. The van der Waals surface area contributed by atoms with Crippen molar-refractivity contribution in [2.24, 2.45) is 0 Å². The fourth-order valence-corrected chi connectivity index (χ4v) is 2.28. The molecule has 0 saturated heterocycles. The van der Waals surface area contributed by atoms with E-state index in [1.807, 2.05) is 13.8 Å². The molecule has 1 rings (SSSR count). The Morgan fingerprint density at radius 1 is 1.40 bits per heavy atom. The minimum Gasteiger partial charge on any atom is -0.464 e. The molecule has 0 radical (unpaired) electrons. The fourth-order valence-electron chi connectivity index (χ4n) is 1.96. The number of carbonyl (C=O) groups is 2. The molecule has 0 spiro atoms. The standard InChI is InChI=1S/C13H16Cl3NO3/c1-4-5-8(2)17-7-9(11(18)13(14,15)16)6-10(17)12(19)20-3/h6-8H,4-5H2,1-3H3. The number of methoxy groups -OCH3 is 1. The molecular formula is C13H16Cl3NO3. The van der Waals surface area contributed by atoms with Gasteiger partial charge >= 0.3 is 5.97 Å². The summed E-state index contributed by atoms with van der Waals surface area (Å²) in [6.07, 6.45) is 3.31. The van der Waals surface area contributed by atoms with E-state index >= 15 is 0 Å². The van der Waals surface area contributed by atoms with Gasteiger partial charge in [-0.3, -0.25) is 4.79 Å². The Balaban J connectivity index is 3.25. The van der Waals surface area contributed by atoms with Crippen LogP contribution >= 0.6 is 34.8 Å². The van der Waals surface area contributed by atoms with E-state index in [9.17, 15) is 9.59 Å². The molecule has 0 saturated carbocycles. The lowest BCUT2D eigenvalue weighted by Crippen LogP contribution is -2.18. The van der Waals surface area contributed by atoms with E-state index < -0.39 is 15.5 Å². The van der Waals surface area contributed by atoms with Crippen molar-refractivity contribution in [1.29, 1.82) is 0 Å². The van der Waals surface area contributed by atoms with Crippen LogP contribution in [0.5, 0.6) is 0 Å². The molecule has 1 unspecified atom stereocenters. The molecule has 0 N–H and O–H groups in total. The van der Waals surface area contributed by atoms with Gasteiger partial charge in [0.25, 0.3) is 3.79 Å². The number of nitrogens with zero attached hydrogens (tertiary/aromatic N) is 1. The summed E-state index contributed by atoms with van der Waals surface area (Å²) < 4.78 is 4.35. The SMILES string of the molecule is CCCC(C)n1cc(C(=O)C(Cl)(Cl)Cl)cc1C(=O)OC. The summed E-state index contributed by atoms with van der Waals surface area (Å²) in [5.41, 5.74) is 0.444. The van der Waals surface area contributed by atoms with Gasteiger partial charge in [0.05, 0.1) is 7.11 Å². The summed E-state index contributed by atoms with van der Waals surface area (Å²) in [6.45, 7) is 3.98. The zero-order valence-electron chi connectivity index (χ0n) is 11.5. The number of hydrogen-bond donors (Lipinski definition) is 0. The summed E-state index contributed by atoms with van der Waals surface area (Å²) in [6, 6.07) is 1.42. The predicted octanol–water partition coefficient (Wildman–Crippen LogP) is 4.19. The third-order valence-electron chi connectivity index (χ3n) is 2.94. The van der Waals surface area contributed by atoms with Crippen molar-refractivity contribution in [3.8, 4) is 0 Å². The molecule has 0 amide bonds. The molecule has 1 aromatic rings. The van der Waals surface area contributed by atoms with Gasteiger partial charge in [0.2, 0.25) is 5.78 Å². The average molecular weight is 341 g/mol. The van der Waals surface area contributed by atoms with Crippen LogP contribution in [0.4, 0.5) is 0 Å². The molecule has 0 aliphatic rings. The molecule has 20 heavy (non-hydrogen) atoms. The number of Topliss-reactive ketones (excluding diaryl/α,β-unsaturated/α-hetero) is 1. The number of aromatic nitrogens is 1. The van der Waals surface area contributed by atoms with Crippen molar-refractivity contribution in [1.82, 2.24) is 4.57 Å². The lowest BCUT2D eigenvalue weighted by molar-refractivity contribution is 0.0586. The summed E-state index contributed by atoms with van der Waals surface area (Å²) in [5.74, 6) is -1.20. The van der Waals surface area contributed by atoms with E-state index in [1.165, 1.54) is 19.4 Å². The smallest absolute Gasteiger partial charge is 0.354 e. The molecule has 112 valence electrons. The number of hydrogen-bond acceptors (Lipinski definition) is 3. The molecule has 7 heteroatoms. The quantitative estimate of drug-likeness (QED) is 0.459. The number of ketones is 1. The summed E-state index contributed by atoms with van der Waals surface area (Å²) in [4.78, 5) is 23.7. The molecule has 1 aromatic heterocycles. The second kappa shape index (κ2) is 6.83. The van der Waals surface area contributed by atoms with Gasteiger partial charge in [-0.15, -0.1) is 0 Å². The molecule has 1 heterocycles. The monoisotopic (exact) mass is 339 g/mol. The lowest BCUT2D eigenvalue weighted by Gasteiger charge is -2.15. The van der Waals surface area contributed by atoms with Crippen LogP contribution in [0.15, 0.2) is 12.3 Å². The molecule has 1 atom stereocenters. The zero-order valence-corrected chi connectivity index (χ0v) is 13.7. The van der Waals surface area contributed by atoms with Gasteiger partial charge in [0.15, 0.2) is 0 Å². The van der Waals surface area contributed by atoms with E-state index in [1.54, 1.807) is 4.57 Å². The molecule has 0 bridgehead atoms. The van der Waals surface area contributed by atoms with E-state index in [-0.39, 0.29) is 17.3 Å². The van der Waals surface area contributed by atoms with Crippen LogP contribution in [0.1, 0.15) is 53.6 Å². The van der Waals surface area contributed by atoms with Gasteiger partial charge in [-0.05, 0) is 19.4 Å². The molecule has 0 aliphatic carbocycles. The third-order valence-corrected chi connectivity index (χ3v) is 3.46. The number of halogens is 3. The Morgan fingerprint density at radius 2 is 2.00 bits per heavy atom. The maximum atomic E-state index is 12.0. The van der Waals surface area contributed by atoms with Crippen molar-refractivity contribution in [2.45, 2.75) is 36.5 Å². The Kier molecular flexibility index (Phi) is 5.92. The molecule has 4 nitrogen and oxygen atoms in total.